The van der Waals surface area contributed by atoms with Crippen LogP contribution in [0, 0.1) is 28.6 Å². The lowest BCUT2D eigenvalue weighted by atomic mass is 9.44. The maximum Gasteiger partial charge on any atom is 0.187 e. The van der Waals surface area contributed by atoms with Crippen LogP contribution in [-0.4, -0.2) is 154 Å². The molecule has 22 atom stereocenters. The molecule has 6 N–H and O–H groups in total. The lowest BCUT2D eigenvalue weighted by molar-refractivity contribution is -0.351. The molecule has 0 aromatic carbocycles. The van der Waals surface area contributed by atoms with Crippen LogP contribution in [0.5, 0.6) is 0 Å². The summed E-state index contributed by atoms with van der Waals surface area (Å²) in [6.45, 7) is 10.8. The van der Waals surface area contributed by atoms with Gasteiger partial charge >= 0.3 is 0 Å². The molecule has 3 saturated heterocycles. The molecule has 3 aliphatic heterocycles. The number of hydrogen-bond acceptors (Lipinski definition) is 15. The van der Waals surface area contributed by atoms with Gasteiger partial charge < -0.3 is 68.5 Å². The van der Waals surface area contributed by atoms with Crippen LogP contribution in [0.3, 0.4) is 0 Å². The lowest BCUT2D eigenvalue weighted by Crippen LogP contribution is -2.71. The third kappa shape index (κ3) is 6.96. The molecule has 0 aromatic rings. The normalized spacial score (nSPS) is 54.8. The van der Waals surface area contributed by atoms with Crippen molar-refractivity contribution in [2.45, 2.75) is 197 Å². The first-order chi connectivity index (χ1) is 26.4. The second-order valence-corrected chi connectivity index (χ2v) is 18.3. The fourth-order valence-electron chi connectivity index (χ4n) is 12.1. The van der Waals surface area contributed by atoms with Crippen molar-refractivity contribution in [3.63, 3.8) is 0 Å². The van der Waals surface area contributed by atoms with E-state index in [1.54, 1.807) is 35.0 Å². The number of hydrogen-bond donors (Lipinski definition) is 6. The monoisotopic (exact) mass is 798 g/mol. The molecule has 16 unspecified atom stereocenters. The molecule has 0 radical (unpaired) electrons. The average molecular weight is 799 g/mol. The zero-order chi connectivity index (χ0) is 40.6. The van der Waals surface area contributed by atoms with Crippen molar-refractivity contribution in [3.8, 4) is 0 Å². The van der Waals surface area contributed by atoms with Crippen LogP contribution in [0.25, 0.3) is 0 Å². The van der Waals surface area contributed by atoms with Crippen molar-refractivity contribution in [1.29, 1.82) is 0 Å². The molecule has 15 nitrogen and oxygen atoms in total. The first-order valence-corrected chi connectivity index (χ1v) is 20.7. The van der Waals surface area contributed by atoms with Gasteiger partial charge in [0.2, 0.25) is 0 Å². The number of allylic oxidation sites excluding steroid dienone is 1. The van der Waals surface area contributed by atoms with Gasteiger partial charge in [0.05, 0.1) is 54.4 Å². The number of aliphatic hydroxyl groups excluding tert-OH is 5. The topological polar surface area (TPSA) is 212 Å². The van der Waals surface area contributed by atoms with Gasteiger partial charge in [0.25, 0.3) is 0 Å². The van der Waals surface area contributed by atoms with Gasteiger partial charge in [0.15, 0.2) is 18.9 Å². The molecule has 15 heteroatoms. The maximum absolute atomic E-state index is 12.7. The second-order valence-electron chi connectivity index (χ2n) is 18.3. The van der Waals surface area contributed by atoms with Crippen molar-refractivity contribution < 1.29 is 73.3 Å². The summed E-state index contributed by atoms with van der Waals surface area (Å²) in [7, 11) is 3.18. The standard InChI is InChI=1S/C41H66O15/c1-18(42)24-12-14-41(48)25-10-9-22-15-23(11-13-39(22,5)30(25)32(44)37(47)40(24,41)6)54-28-16-26(49-7)35(20(3)51-28)55-29-17-27(50-8)36(21(4)52-29)56-38-34(46)33(45)31(43)19(2)53-38/h9,19-21,23-38,43-48H,10-17H2,1-8H3/t19?,20?,21?,23-,24+,25?,26?,27?,28?,29?,30?,31?,32?,33?,34?,35?,36?,37+,38?,39-,40-,41-/m1/s1. The zero-order valence-electron chi connectivity index (χ0n) is 34.1. The van der Waals surface area contributed by atoms with Crippen molar-refractivity contribution in [2.24, 2.45) is 28.6 Å². The Morgan fingerprint density at radius 1 is 0.768 bits per heavy atom. The Hall–Kier alpha value is -1.15. The Labute approximate surface area is 329 Å². The van der Waals surface area contributed by atoms with Crippen LogP contribution < -0.4 is 0 Å². The predicted octanol–water partition coefficient (Wildman–Crippen LogP) is 1.49. The van der Waals surface area contributed by atoms with Gasteiger partial charge in [-0.2, -0.15) is 0 Å². The van der Waals surface area contributed by atoms with E-state index in [-0.39, 0.29) is 29.8 Å². The highest BCUT2D eigenvalue weighted by Crippen LogP contribution is 2.68. The highest BCUT2D eigenvalue weighted by atomic mass is 16.7. The third-order valence-electron chi connectivity index (χ3n) is 15.4. The van der Waals surface area contributed by atoms with E-state index < -0.39 is 108 Å². The number of carbonyl (C=O) groups excluding carboxylic acids is 1. The largest absolute Gasteiger partial charge is 0.390 e. The Kier molecular flexibility index (Phi) is 12.3. The molecule has 0 aromatic heterocycles. The van der Waals surface area contributed by atoms with Crippen LogP contribution in [-0.2, 0) is 42.7 Å². The Morgan fingerprint density at radius 2 is 1.38 bits per heavy atom. The number of rotatable bonds is 9. The Bertz CT molecular complexity index is 1450. The quantitative estimate of drug-likeness (QED) is 0.183. The van der Waals surface area contributed by atoms with Crippen molar-refractivity contribution in [1.82, 2.24) is 0 Å². The molecule has 320 valence electrons. The third-order valence-corrected chi connectivity index (χ3v) is 15.4. The maximum atomic E-state index is 12.7. The smallest absolute Gasteiger partial charge is 0.187 e. The SMILES string of the molecule is COC1CC(O[C@@H]2CC[C@]3(C)C(=CCC4C3C(O)[C@H](O)[C@@]3(C)[C@H](C(C)=O)CC[C@@]43O)C2)OC(C)C1OC1CC(OC)C(OC2OC(C)C(O)C(O)C2O)C(C)O1. The fourth-order valence-corrected chi connectivity index (χ4v) is 12.1. The van der Waals surface area contributed by atoms with Gasteiger partial charge in [-0.25, -0.2) is 0 Å². The Balaban J connectivity index is 0.963. The number of ether oxygens (including phenoxy) is 8. The summed E-state index contributed by atoms with van der Waals surface area (Å²) < 4.78 is 49.3. The predicted molar refractivity (Wildman–Crippen MR) is 197 cm³/mol. The van der Waals surface area contributed by atoms with Crippen LogP contribution in [0.2, 0.25) is 0 Å². The van der Waals surface area contributed by atoms with Crippen LogP contribution in [0.15, 0.2) is 11.6 Å². The number of carbonyl (C=O) groups is 1. The van der Waals surface area contributed by atoms with E-state index in [9.17, 15) is 35.4 Å². The Morgan fingerprint density at radius 3 is 1.98 bits per heavy atom. The summed E-state index contributed by atoms with van der Waals surface area (Å²) in [4.78, 5) is 12.7. The van der Waals surface area contributed by atoms with Crippen LogP contribution in [0.4, 0.5) is 0 Å². The lowest BCUT2D eigenvalue weighted by Gasteiger charge is -2.64. The molecule has 4 aliphatic carbocycles. The minimum absolute atomic E-state index is 0.0547. The molecule has 3 saturated carbocycles. The summed E-state index contributed by atoms with van der Waals surface area (Å²) in [6.07, 6.45) is -6.28. The summed E-state index contributed by atoms with van der Waals surface area (Å²) in [5, 5.41) is 66.6. The fraction of sp³-hybridized carbons (Fsp3) is 0.927. The van der Waals surface area contributed by atoms with Gasteiger partial charge in [-0.1, -0.05) is 25.5 Å². The van der Waals surface area contributed by atoms with Crippen molar-refractivity contribution >= 4 is 5.78 Å². The van der Waals surface area contributed by atoms with Crippen molar-refractivity contribution in [2.75, 3.05) is 14.2 Å². The van der Waals surface area contributed by atoms with Gasteiger partial charge in [-0.3, -0.25) is 4.79 Å². The molecule has 0 spiro atoms. The van der Waals surface area contributed by atoms with E-state index in [1.807, 2.05) is 6.92 Å². The second kappa shape index (κ2) is 16.0. The number of methoxy groups -OCH3 is 2. The van der Waals surface area contributed by atoms with Gasteiger partial charge in [0.1, 0.15) is 36.3 Å². The molecule has 7 aliphatic rings. The van der Waals surface area contributed by atoms with Gasteiger partial charge in [-0.15, -0.1) is 0 Å². The molecule has 7 rings (SSSR count). The minimum Gasteiger partial charge on any atom is -0.390 e. The molecule has 3 heterocycles. The number of ketones is 1. The molecular formula is C41H66O15. The summed E-state index contributed by atoms with van der Waals surface area (Å²) in [6, 6.07) is 0. The van der Waals surface area contributed by atoms with E-state index in [0.717, 1.165) is 5.57 Å². The van der Waals surface area contributed by atoms with Crippen LogP contribution in [0.1, 0.15) is 92.9 Å². The summed E-state index contributed by atoms with van der Waals surface area (Å²) in [5.74, 6) is -1.18. The molecule has 6 fully saturated rings. The first-order valence-electron chi connectivity index (χ1n) is 20.7. The van der Waals surface area contributed by atoms with E-state index in [1.165, 1.54) is 6.92 Å². The van der Waals surface area contributed by atoms with Crippen LogP contribution >= 0.6 is 0 Å². The molecule has 0 amide bonds. The van der Waals surface area contributed by atoms with Gasteiger partial charge in [0, 0.05) is 44.3 Å². The van der Waals surface area contributed by atoms with E-state index in [0.29, 0.717) is 51.4 Å². The molecular weight excluding hydrogens is 732 g/mol. The highest BCUT2D eigenvalue weighted by Gasteiger charge is 2.73. The van der Waals surface area contributed by atoms with E-state index in [4.69, 9.17) is 37.9 Å². The van der Waals surface area contributed by atoms with E-state index >= 15 is 0 Å². The number of Topliss-reactive ketones (excluding diaryl/α,β-unsaturated/α-hetero) is 1. The average Bonchev–Trinajstić information content (AvgIpc) is 3.45. The van der Waals surface area contributed by atoms with E-state index in [2.05, 4.69) is 13.0 Å². The number of fused-ring (bicyclic) bond motifs is 5. The highest BCUT2D eigenvalue weighted by molar-refractivity contribution is 5.80. The first kappa shape index (κ1) is 43.0. The van der Waals surface area contributed by atoms with Gasteiger partial charge in [-0.05, 0) is 77.6 Å². The molecule has 56 heavy (non-hydrogen) atoms. The van der Waals surface area contributed by atoms with Crippen molar-refractivity contribution in [3.05, 3.63) is 11.6 Å². The summed E-state index contributed by atoms with van der Waals surface area (Å²) in [5.41, 5.74) is -1.65. The minimum atomic E-state index is -1.46. The zero-order valence-corrected chi connectivity index (χ0v) is 34.1. The summed E-state index contributed by atoms with van der Waals surface area (Å²) >= 11 is 0. The number of aliphatic hydroxyl groups is 6. The molecule has 0 bridgehead atoms.